The lowest BCUT2D eigenvalue weighted by Crippen LogP contribution is -2.50. The van der Waals surface area contributed by atoms with E-state index in [1.165, 1.54) is 49.2 Å². The molecule has 740 valence electrons. The molecular formula is C87H109Cl2F4N29O16. The van der Waals surface area contributed by atoms with Gasteiger partial charge in [0.15, 0.2) is 11.9 Å². The number of hydrogen-bond donors (Lipinski definition) is 18. The second-order valence-electron chi connectivity index (χ2n) is 32.5. The molecule has 4 aromatic carbocycles. The highest BCUT2D eigenvalue weighted by molar-refractivity contribution is 6.32. The summed E-state index contributed by atoms with van der Waals surface area (Å²) >= 11 is 11.5. The van der Waals surface area contributed by atoms with Gasteiger partial charge in [-0.05, 0) is 114 Å². The third-order valence-electron chi connectivity index (χ3n) is 22.7. The maximum absolute atomic E-state index is 15.0. The van der Waals surface area contributed by atoms with Gasteiger partial charge >= 0.3 is 36.1 Å². The quantitative estimate of drug-likeness (QED) is 0.0304. The van der Waals surface area contributed by atoms with Crippen molar-refractivity contribution < 1.29 is 76.2 Å². The van der Waals surface area contributed by atoms with Gasteiger partial charge in [-0.2, -0.15) is 15.2 Å². The number of anilines is 2. The van der Waals surface area contributed by atoms with E-state index in [1.54, 1.807) is 47.5 Å². The summed E-state index contributed by atoms with van der Waals surface area (Å²) in [6.07, 6.45) is 13.7. The summed E-state index contributed by atoms with van der Waals surface area (Å²) in [4.78, 5) is 139. The van der Waals surface area contributed by atoms with Crippen LogP contribution in [0.5, 0.6) is 0 Å². The van der Waals surface area contributed by atoms with Crippen LogP contribution in [0.4, 0.5) is 38.5 Å². The number of nitrogens with two attached hydrogens (primary N) is 7. The molecule has 0 unspecified atom stereocenters. The average Bonchev–Trinajstić information content (AvgIpc) is 1.46. The molecule has 45 nitrogen and oxygen atoms in total. The van der Waals surface area contributed by atoms with E-state index >= 15 is 0 Å². The van der Waals surface area contributed by atoms with Crippen LogP contribution in [0, 0.1) is 56.4 Å². The van der Waals surface area contributed by atoms with Gasteiger partial charge in [0.1, 0.15) is 51.4 Å². The fourth-order valence-corrected chi connectivity index (χ4v) is 15.5. The van der Waals surface area contributed by atoms with E-state index < -0.39 is 68.9 Å². The average molecular weight is 1960 g/mol. The summed E-state index contributed by atoms with van der Waals surface area (Å²) < 4.78 is 73.3. The van der Waals surface area contributed by atoms with Crippen LogP contribution in [0.2, 0.25) is 10.0 Å². The number of aromatic nitrogens is 4. The molecule has 25 N–H and O–H groups in total. The Bertz CT molecular complexity index is 6220. The summed E-state index contributed by atoms with van der Waals surface area (Å²) in [7, 11) is 0. The molecule has 5 aliphatic heterocycles. The van der Waals surface area contributed by atoms with Crippen molar-refractivity contribution in [2.75, 3.05) is 154 Å². The number of piperazine rings is 5. The highest BCUT2D eigenvalue weighted by atomic mass is 35.5. The molecule has 5 saturated heterocycles. The number of amidine groups is 2. The molecule has 9 fully saturated rings. The molecule has 4 saturated carbocycles. The first kappa shape index (κ1) is 105. The van der Waals surface area contributed by atoms with E-state index in [0.717, 1.165) is 135 Å². The Kier molecular flexibility index (Phi) is 36.6. The van der Waals surface area contributed by atoms with Gasteiger partial charge in [0.25, 0.3) is 0 Å². The van der Waals surface area contributed by atoms with E-state index in [-0.39, 0.29) is 138 Å². The lowest BCUT2D eigenvalue weighted by atomic mass is 10.1. The first-order chi connectivity index (χ1) is 65.6. The number of aromatic carboxylic acids is 4. The number of nitrogens with one attached hydrogen (secondary N) is 7. The molecule has 4 aromatic heterocycles. The van der Waals surface area contributed by atoms with Crippen molar-refractivity contribution in [1.82, 2.24) is 58.7 Å². The van der Waals surface area contributed by atoms with Crippen LogP contribution < -0.4 is 87.6 Å². The van der Waals surface area contributed by atoms with Crippen molar-refractivity contribution >= 4 is 156 Å². The van der Waals surface area contributed by atoms with Gasteiger partial charge in [-0.25, -0.2) is 46.3 Å². The minimum Gasteiger partial charge on any atom is -0.477 e. The van der Waals surface area contributed by atoms with Crippen molar-refractivity contribution in [2.45, 2.75) is 95.8 Å². The van der Waals surface area contributed by atoms with Crippen molar-refractivity contribution in [1.29, 1.82) is 26.9 Å². The summed E-state index contributed by atoms with van der Waals surface area (Å²) in [5.74, 6) is -7.73. The zero-order chi connectivity index (χ0) is 101. The topological polar surface area (TPSA) is 687 Å². The van der Waals surface area contributed by atoms with Gasteiger partial charge in [0.05, 0.1) is 69.0 Å². The number of aliphatic imine (C=N–C) groups is 3. The van der Waals surface area contributed by atoms with E-state index in [1.807, 2.05) is 31.1 Å². The summed E-state index contributed by atoms with van der Waals surface area (Å²) in [5, 5.41) is 84.5. The molecule has 9 heterocycles. The number of halogens is 6. The van der Waals surface area contributed by atoms with Crippen LogP contribution in [0.25, 0.3) is 43.6 Å². The lowest BCUT2D eigenvalue weighted by molar-refractivity contribution is 0.0684. The standard InChI is InChI=1S/C20H23FN6O3.C17H18FN3O3.2C13H9ClFNO3.C9H18N6O2.C7H14N2O2.C6H14N6.C2H4N4/c21-14-7-12-15(27(11-1-2-11)10-13(19(12)28)20(29)30)8-16(14)25-3-5-26(6-4-25)18(24)9-17(22)23;18-13-7-11-14(8-15(13)20-5-3-19-4-6-20)21(10-1-2-10)9-12(16(11)22)17(23)24;2*14-9-4-11-7(3-10(9)15)12(17)8(13(18)19)5-16(11)6-1-2-6;1-2-17-9(16)15-5-3-14(4-6-15)8(12)13-7(10)11;1-2-11-7(10)9-5-3-8-4-6-9;7-5(8)11-6(9)12-3-1-10-2-4-12;3-1-6-2(4)5/h7-8,10-11,24H,1-6,9H2,(H3,22,23)(H,29,30);7-10,19H,1-6H2,(H,23,24);2*3-6H,1-2H2,(H,18,19);2-6H2,1H3,(H5,10,11,12,13);8H,2-6H2,1H3;10H,1-4H2,(H5,7,8,9,11);(H4,4,5,6). The van der Waals surface area contributed by atoms with E-state index in [0.29, 0.717) is 112 Å². The number of nitrogens with zero attached hydrogens (tertiary/aromatic N) is 15. The number of ether oxygens (including phenoxy) is 2. The number of carbonyl (C=O) groups is 6. The molecule has 0 bridgehead atoms. The van der Waals surface area contributed by atoms with Gasteiger partial charge < -0.3 is 139 Å². The number of fused-ring (bicyclic) bond motifs is 4. The highest BCUT2D eigenvalue weighted by Crippen LogP contribution is 2.42. The molecule has 0 atom stereocenters. The van der Waals surface area contributed by atoms with Gasteiger partial charge in [-0.15, -0.1) is 4.99 Å². The molecule has 4 aliphatic carbocycles. The number of nitriles is 1. The molecule has 51 heteroatoms. The Labute approximate surface area is 794 Å². The fourth-order valence-electron chi connectivity index (χ4n) is 15.2. The Morgan fingerprint density at radius 3 is 0.971 bits per heavy atom. The van der Waals surface area contributed by atoms with Crippen molar-refractivity contribution in [2.24, 2.45) is 55.1 Å². The monoisotopic (exact) mass is 1960 g/mol. The van der Waals surface area contributed by atoms with E-state index in [9.17, 15) is 75.7 Å². The predicted molar refractivity (Wildman–Crippen MR) is 511 cm³/mol. The van der Waals surface area contributed by atoms with Crippen LogP contribution in [0.3, 0.4) is 0 Å². The van der Waals surface area contributed by atoms with Crippen molar-refractivity contribution in [3.63, 3.8) is 0 Å². The van der Waals surface area contributed by atoms with Crippen molar-refractivity contribution in [3.8, 4) is 6.19 Å². The number of amides is 2. The third kappa shape index (κ3) is 27.9. The molecule has 138 heavy (non-hydrogen) atoms. The summed E-state index contributed by atoms with van der Waals surface area (Å²) in [6.45, 7) is 18.0. The Morgan fingerprint density at radius 1 is 0.413 bits per heavy atom. The normalized spacial score (nSPS) is 15.9. The Morgan fingerprint density at radius 2 is 0.688 bits per heavy atom. The van der Waals surface area contributed by atoms with Gasteiger partial charge in [0.2, 0.25) is 45.8 Å². The maximum Gasteiger partial charge on any atom is 0.409 e. The second kappa shape index (κ2) is 48.0. The lowest BCUT2D eigenvalue weighted by Gasteiger charge is -2.37. The zero-order valence-electron chi connectivity index (χ0n) is 75.4. The van der Waals surface area contributed by atoms with Crippen LogP contribution in [0.1, 0.15) is 137 Å². The first-order valence-electron chi connectivity index (χ1n) is 43.9. The van der Waals surface area contributed by atoms with Gasteiger partial charge in [0, 0.05) is 201 Å². The molecular weight excluding hydrogens is 1850 g/mol. The number of carboxylic acids is 4. The van der Waals surface area contributed by atoms with Crippen LogP contribution in [-0.4, -0.2) is 285 Å². The molecule has 0 spiro atoms. The molecule has 9 aliphatic rings. The summed E-state index contributed by atoms with van der Waals surface area (Å²) in [6, 6.07) is 11.0. The van der Waals surface area contributed by atoms with Crippen LogP contribution in [0.15, 0.2) is 107 Å². The van der Waals surface area contributed by atoms with Crippen LogP contribution in [-0.2, 0) is 9.47 Å². The molecule has 0 radical (unpaired) electrons. The molecule has 17 rings (SSSR count). The smallest absolute Gasteiger partial charge is 0.409 e. The van der Waals surface area contributed by atoms with Gasteiger partial charge in [-0.1, -0.05) is 23.2 Å². The highest BCUT2D eigenvalue weighted by Gasteiger charge is 2.34. The minimum absolute atomic E-state index is 0.0218. The van der Waals surface area contributed by atoms with E-state index in [2.05, 4.69) is 30.9 Å². The minimum atomic E-state index is -1.31. The predicted octanol–water partition coefficient (Wildman–Crippen LogP) is 4.69. The first-order valence-corrected chi connectivity index (χ1v) is 44.6. The largest absolute Gasteiger partial charge is 0.477 e. The SMILES string of the molecule is CCOC(=O)N1CCN(C(=N)N=C(N)N)CC1.CCOC(=O)N1CCNCC1.N#CN=C(N)N.N=C(N)CC(=N)N1CCN(c2cc3c(cc2F)c(=O)c(C(=O)O)cn3C2CC2)CC1.N=C(N=C(N)N)N1CCNCC1.O=C(O)c1cn(C2CC2)c2cc(Cl)c(F)cc2c1=O.O=C(O)c1cn(C2CC2)c2cc(Cl)c(F)cc2c1=O.O=C(O)c1cn(C2CC2)c2cc(N3CCNCC3)c(F)cc2c1=O. The summed E-state index contributed by atoms with van der Waals surface area (Å²) in [5.41, 5.74) is 34.4. The number of benzene rings is 4. The van der Waals surface area contributed by atoms with Crippen molar-refractivity contribution in [3.05, 3.63) is 170 Å². The number of hydrogen-bond acceptors (Lipinski definition) is 23. The Balaban J connectivity index is 0.000000168. The zero-order valence-corrected chi connectivity index (χ0v) is 76.9. The number of guanidine groups is 5. The Hall–Kier alpha value is -14.9. The van der Waals surface area contributed by atoms with Crippen LogP contribution >= 0.6 is 23.2 Å². The molecule has 8 aromatic rings. The third-order valence-corrected chi connectivity index (χ3v) is 23.2. The number of rotatable bonds is 14. The number of carboxylic acid groups (broad SMARTS) is 4. The number of carbonyl (C=O) groups excluding carboxylic acids is 2. The van der Waals surface area contributed by atoms with E-state index in [4.69, 9.17) is 110 Å². The fraction of sp³-hybridized carbons (Fsp3) is 0.425. The second-order valence-corrected chi connectivity index (χ2v) is 33.3. The maximum atomic E-state index is 15.0. The molecule has 2 amide bonds. The van der Waals surface area contributed by atoms with Gasteiger partial charge in [-0.3, -0.25) is 40.8 Å². The number of pyridine rings is 4.